The number of likely N-dealkylation sites (tertiary alicyclic amines) is 1. The minimum absolute atomic E-state index is 0.0391. The summed E-state index contributed by atoms with van der Waals surface area (Å²) in [6, 6.07) is 12.0. The van der Waals surface area contributed by atoms with E-state index in [9.17, 15) is 4.79 Å². The molecule has 31 heavy (non-hydrogen) atoms. The van der Waals surface area contributed by atoms with Gasteiger partial charge in [-0.1, -0.05) is 12.1 Å². The summed E-state index contributed by atoms with van der Waals surface area (Å²) in [5, 5.41) is 8.90. The molecule has 5 rings (SSSR count). The highest BCUT2D eigenvalue weighted by Crippen LogP contribution is 2.35. The number of rotatable bonds is 6. The first-order valence-corrected chi connectivity index (χ1v) is 10.8. The Morgan fingerprint density at radius 1 is 1.10 bits per heavy atom. The van der Waals surface area contributed by atoms with Crippen LogP contribution in [0.25, 0.3) is 33.4 Å². The maximum Gasteiger partial charge on any atom is 0.238 e. The van der Waals surface area contributed by atoms with Gasteiger partial charge in [0.05, 0.1) is 6.54 Å². The molecule has 4 heterocycles. The lowest BCUT2D eigenvalue weighted by atomic mass is 10.0. The Labute approximate surface area is 181 Å². The molecule has 2 N–H and O–H groups in total. The maximum atomic E-state index is 12.3. The van der Waals surface area contributed by atoms with E-state index >= 15 is 0 Å². The smallest absolute Gasteiger partial charge is 0.238 e. The Bertz CT molecular complexity index is 1200. The number of amides is 1. The van der Waals surface area contributed by atoms with Crippen LogP contribution in [0.5, 0.6) is 0 Å². The van der Waals surface area contributed by atoms with Crippen LogP contribution in [0.1, 0.15) is 19.8 Å². The average molecular weight is 415 g/mol. The van der Waals surface area contributed by atoms with Crippen LogP contribution in [-0.2, 0) is 11.3 Å². The third kappa shape index (κ3) is 3.96. The number of H-pyrrole nitrogens is 1. The van der Waals surface area contributed by atoms with E-state index in [1.54, 1.807) is 0 Å². The molecule has 1 aliphatic rings. The lowest BCUT2D eigenvalue weighted by molar-refractivity contribution is -0.117. The molecule has 0 radical (unpaired) electrons. The molecule has 4 aromatic rings. The molecule has 0 spiro atoms. The van der Waals surface area contributed by atoms with Crippen molar-refractivity contribution in [2.45, 2.75) is 26.3 Å². The SMILES string of the molecule is CCn1cc(-c2ccnc3[nH]ccc23)c(-c2ccc(NC(=O)CN3CCCC3)cc2)n1. The van der Waals surface area contributed by atoms with Crippen molar-refractivity contribution < 1.29 is 4.79 Å². The quantitative estimate of drug-likeness (QED) is 0.497. The molecule has 1 amide bonds. The maximum absolute atomic E-state index is 12.3. The molecule has 0 saturated carbocycles. The van der Waals surface area contributed by atoms with Crippen molar-refractivity contribution in [1.82, 2.24) is 24.6 Å². The molecule has 0 unspecified atom stereocenters. The summed E-state index contributed by atoms with van der Waals surface area (Å²) in [4.78, 5) is 22.1. The van der Waals surface area contributed by atoms with Crippen LogP contribution in [0, 0.1) is 0 Å². The summed E-state index contributed by atoms with van der Waals surface area (Å²) in [6.45, 7) is 5.36. The molecule has 1 saturated heterocycles. The predicted octanol–water partition coefficient (Wildman–Crippen LogP) is 4.15. The van der Waals surface area contributed by atoms with E-state index in [4.69, 9.17) is 5.10 Å². The van der Waals surface area contributed by atoms with Gasteiger partial charge in [0.25, 0.3) is 0 Å². The normalized spacial score (nSPS) is 14.4. The van der Waals surface area contributed by atoms with Crippen LogP contribution in [0.2, 0.25) is 0 Å². The van der Waals surface area contributed by atoms with Gasteiger partial charge in [0.1, 0.15) is 11.3 Å². The molecule has 1 aromatic carbocycles. The van der Waals surface area contributed by atoms with Crippen LogP contribution in [-0.4, -0.2) is 50.2 Å². The summed E-state index contributed by atoms with van der Waals surface area (Å²) in [5.74, 6) is 0.0391. The number of nitrogens with one attached hydrogen (secondary N) is 2. The number of aromatic amines is 1. The largest absolute Gasteiger partial charge is 0.346 e. The molecule has 1 fully saturated rings. The number of fused-ring (bicyclic) bond motifs is 1. The minimum atomic E-state index is 0.0391. The lowest BCUT2D eigenvalue weighted by Gasteiger charge is -2.14. The molecule has 1 aliphatic heterocycles. The highest BCUT2D eigenvalue weighted by Gasteiger charge is 2.17. The second-order valence-corrected chi connectivity index (χ2v) is 7.95. The summed E-state index contributed by atoms with van der Waals surface area (Å²) in [6.07, 6.45) is 8.18. The second kappa shape index (κ2) is 8.35. The molecule has 0 bridgehead atoms. The standard InChI is InChI=1S/C24H26N6O/c1-2-30-15-21(19-9-11-25-24-20(19)10-12-26-24)23(28-30)17-5-7-18(8-6-17)27-22(31)16-29-13-3-4-14-29/h5-12,15H,2-4,13-14,16H2,1H3,(H,25,26)(H,27,31). The Morgan fingerprint density at radius 2 is 1.90 bits per heavy atom. The van der Waals surface area contributed by atoms with Gasteiger partial charge in [0, 0.05) is 47.3 Å². The highest BCUT2D eigenvalue weighted by atomic mass is 16.2. The first kappa shape index (κ1) is 19.5. The molecule has 7 heteroatoms. The van der Waals surface area contributed by atoms with E-state index in [1.165, 1.54) is 12.8 Å². The fourth-order valence-corrected chi connectivity index (χ4v) is 4.25. The summed E-state index contributed by atoms with van der Waals surface area (Å²) in [5.41, 5.74) is 5.78. The highest BCUT2D eigenvalue weighted by molar-refractivity contribution is 5.97. The predicted molar refractivity (Wildman–Crippen MR) is 123 cm³/mol. The van der Waals surface area contributed by atoms with E-state index in [0.29, 0.717) is 6.54 Å². The Morgan fingerprint density at radius 3 is 2.68 bits per heavy atom. The van der Waals surface area contributed by atoms with Crippen molar-refractivity contribution in [3.8, 4) is 22.4 Å². The first-order chi connectivity index (χ1) is 15.2. The zero-order chi connectivity index (χ0) is 21.2. The van der Waals surface area contributed by atoms with Gasteiger partial charge in [-0.05, 0) is 62.7 Å². The molecule has 7 nitrogen and oxygen atoms in total. The monoisotopic (exact) mass is 414 g/mol. The topological polar surface area (TPSA) is 78.8 Å². The van der Waals surface area contributed by atoms with Crippen LogP contribution in [0.15, 0.2) is 55.0 Å². The molecular weight excluding hydrogens is 388 g/mol. The number of carbonyl (C=O) groups is 1. The lowest BCUT2D eigenvalue weighted by Crippen LogP contribution is -2.30. The molecule has 3 aromatic heterocycles. The zero-order valence-electron chi connectivity index (χ0n) is 17.6. The minimum Gasteiger partial charge on any atom is -0.346 e. The van der Waals surface area contributed by atoms with Crippen LogP contribution in [0.3, 0.4) is 0 Å². The van der Waals surface area contributed by atoms with E-state index in [1.807, 2.05) is 53.5 Å². The third-order valence-electron chi connectivity index (χ3n) is 5.84. The molecule has 0 aliphatic carbocycles. The number of aryl methyl sites for hydroxylation is 1. The van der Waals surface area contributed by atoms with Crippen LogP contribution >= 0.6 is 0 Å². The number of hydrogen-bond donors (Lipinski definition) is 2. The van der Waals surface area contributed by atoms with Crippen LogP contribution < -0.4 is 5.32 Å². The Kier molecular flexibility index (Phi) is 5.26. The number of anilines is 1. The zero-order valence-corrected chi connectivity index (χ0v) is 17.6. The second-order valence-electron chi connectivity index (χ2n) is 7.95. The first-order valence-electron chi connectivity index (χ1n) is 10.8. The number of hydrogen-bond acceptors (Lipinski definition) is 4. The third-order valence-corrected chi connectivity index (χ3v) is 5.84. The fourth-order valence-electron chi connectivity index (χ4n) is 4.25. The van der Waals surface area contributed by atoms with E-state index in [-0.39, 0.29) is 5.91 Å². The Balaban J connectivity index is 1.42. The molecule has 0 atom stereocenters. The van der Waals surface area contributed by atoms with Gasteiger partial charge in [-0.15, -0.1) is 0 Å². The number of benzene rings is 1. The van der Waals surface area contributed by atoms with Gasteiger partial charge in [-0.2, -0.15) is 5.10 Å². The van der Waals surface area contributed by atoms with Gasteiger partial charge in [0.15, 0.2) is 0 Å². The van der Waals surface area contributed by atoms with Gasteiger partial charge in [-0.3, -0.25) is 14.4 Å². The van der Waals surface area contributed by atoms with Crippen molar-refractivity contribution in [1.29, 1.82) is 0 Å². The summed E-state index contributed by atoms with van der Waals surface area (Å²) >= 11 is 0. The van der Waals surface area contributed by atoms with Crippen molar-refractivity contribution in [2.75, 3.05) is 25.0 Å². The number of carbonyl (C=O) groups excluding carboxylic acids is 1. The fraction of sp³-hybridized carbons (Fsp3) is 0.292. The van der Waals surface area contributed by atoms with Crippen molar-refractivity contribution >= 4 is 22.6 Å². The van der Waals surface area contributed by atoms with Crippen LogP contribution in [0.4, 0.5) is 5.69 Å². The number of nitrogens with zero attached hydrogens (tertiary/aromatic N) is 4. The van der Waals surface area contributed by atoms with Crippen molar-refractivity contribution in [3.63, 3.8) is 0 Å². The summed E-state index contributed by atoms with van der Waals surface area (Å²) < 4.78 is 1.95. The van der Waals surface area contributed by atoms with Gasteiger partial charge < -0.3 is 10.3 Å². The van der Waals surface area contributed by atoms with Gasteiger partial charge >= 0.3 is 0 Å². The average Bonchev–Trinajstić information content (AvgIpc) is 3.54. The number of aromatic nitrogens is 4. The number of pyridine rings is 1. The molecule has 158 valence electrons. The van der Waals surface area contributed by atoms with Gasteiger partial charge in [0.2, 0.25) is 5.91 Å². The Hall–Kier alpha value is -3.45. The van der Waals surface area contributed by atoms with Crippen molar-refractivity contribution in [2.24, 2.45) is 0 Å². The summed E-state index contributed by atoms with van der Waals surface area (Å²) in [7, 11) is 0. The van der Waals surface area contributed by atoms with E-state index < -0.39 is 0 Å². The van der Waals surface area contributed by atoms with Crippen molar-refractivity contribution in [3.05, 3.63) is 55.0 Å². The van der Waals surface area contributed by atoms with E-state index in [2.05, 4.69) is 33.3 Å². The van der Waals surface area contributed by atoms with E-state index in [0.717, 1.165) is 58.7 Å². The van der Waals surface area contributed by atoms with Gasteiger partial charge in [-0.25, -0.2) is 4.98 Å². The molecular formula is C24H26N6O.